The second-order valence-electron chi connectivity index (χ2n) is 9.38. The lowest BCUT2D eigenvalue weighted by Crippen LogP contribution is -2.48. The second-order valence-corrected chi connectivity index (χ2v) is 10.4. The molecule has 5 heteroatoms. The van der Waals surface area contributed by atoms with Gasteiger partial charge in [0.15, 0.2) is 0 Å². The summed E-state index contributed by atoms with van der Waals surface area (Å²) < 4.78 is 0. The lowest BCUT2D eigenvalue weighted by atomic mass is 9.81. The van der Waals surface area contributed by atoms with Gasteiger partial charge in [0, 0.05) is 16.8 Å². The number of carbonyl (C=O) groups is 1. The van der Waals surface area contributed by atoms with Gasteiger partial charge in [0.25, 0.3) is 0 Å². The minimum atomic E-state index is -0.876. The zero-order valence-corrected chi connectivity index (χ0v) is 18.9. The lowest BCUT2D eigenvalue weighted by molar-refractivity contribution is 0.0631. The van der Waals surface area contributed by atoms with Crippen LogP contribution in [0.25, 0.3) is 5.57 Å². The third kappa shape index (κ3) is 4.67. The molecular formula is C25H35NO3S. The standard InChI is InChI=1S/C25H35NO3S/c1-17-12-14-19(15-13-17)24(27)26(20-10-6-3-7-11-20)21-16-22(30-23(21)25(28)29)18-8-4-2-5-9-18/h3,6,8,16-17,19-20,24,27H,2,4-5,7,9-15H2,1H3,(H,28,29). The summed E-state index contributed by atoms with van der Waals surface area (Å²) in [6.45, 7) is 2.29. The van der Waals surface area contributed by atoms with Crippen LogP contribution >= 0.6 is 11.3 Å². The highest BCUT2D eigenvalue weighted by atomic mass is 32.1. The predicted octanol–water partition coefficient (Wildman–Crippen LogP) is 6.46. The van der Waals surface area contributed by atoms with Crippen molar-refractivity contribution in [3.8, 4) is 0 Å². The molecule has 0 aromatic carbocycles. The molecule has 164 valence electrons. The van der Waals surface area contributed by atoms with Crippen molar-refractivity contribution >= 4 is 28.6 Å². The van der Waals surface area contributed by atoms with Crippen molar-refractivity contribution in [3.05, 3.63) is 34.0 Å². The van der Waals surface area contributed by atoms with Gasteiger partial charge in [-0.25, -0.2) is 4.79 Å². The second kappa shape index (κ2) is 9.69. The van der Waals surface area contributed by atoms with Gasteiger partial charge in [-0.05, 0) is 75.3 Å². The van der Waals surface area contributed by atoms with E-state index in [1.54, 1.807) is 0 Å². The highest BCUT2D eigenvalue weighted by Crippen LogP contribution is 2.42. The zero-order chi connectivity index (χ0) is 21.1. The summed E-state index contributed by atoms with van der Waals surface area (Å²) >= 11 is 1.39. The third-order valence-corrected chi connectivity index (χ3v) is 8.38. The van der Waals surface area contributed by atoms with Crippen molar-refractivity contribution in [2.75, 3.05) is 4.90 Å². The van der Waals surface area contributed by atoms with E-state index < -0.39 is 12.2 Å². The molecule has 0 radical (unpaired) electrons. The fourth-order valence-corrected chi connectivity index (χ4v) is 6.41. The maximum Gasteiger partial charge on any atom is 0.348 e. The Balaban J connectivity index is 1.70. The number of hydrogen-bond donors (Lipinski definition) is 2. The van der Waals surface area contributed by atoms with Gasteiger partial charge in [0.1, 0.15) is 11.1 Å². The molecule has 4 rings (SSSR count). The van der Waals surface area contributed by atoms with Gasteiger partial charge in [-0.1, -0.05) is 38.0 Å². The monoisotopic (exact) mass is 429 g/mol. The summed E-state index contributed by atoms with van der Waals surface area (Å²) in [4.78, 5) is 15.8. The fraction of sp³-hybridized carbons (Fsp3) is 0.640. The molecule has 2 unspecified atom stereocenters. The molecule has 30 heavy (non-hydrogen) atoms. The van der Waals surface area contributed by atoms with Crippen molar-refractivity contribution in [2.24, 2.45) is 11.8 Å². The molecule has 4 nitrogen and oxygen atoms in total. The molecule has 0 bridgehead atoms. The van der Waals surface area contributed by atoms with E-state index in [2.05, 4.69) is 36.1 Å². The Morgan fingerprint density at radius 1 is 1.13 bits per heavy atom. The molecule has 1 aromatic rings. The van der Waals surface area contributed by atoms with Crippen LogP contribution in [0.5, 0.6) is 0 Å². The Morgan fingerprint density at radius 2 is 1.93 bits per heavy atom. The first-order valence-electron chi connectivity index (χ1n) is 11.7. The number of carboxylic acid groups (broad SMARTS) is 1. The number of aliphatic hydroxyl groups excluding tert-OH is 1. The van der Waals surface area contributed by atoms with E-state index in [1.807, 2.05) is 0 Å². The number of rotatable bonds is 6. The van der Waals surface area contributed by atoms with Crippen LogP contribution in [0.2, 0.25) is 0 Å². The first-order valence-corrected chi connectivity index (χ1v) is 12.5. The lowest BCUT2D eigenvalue weighted by Gasteiger charge is -2.42. The molecule has 1 saturated carbocycles. The number of nitrogens with zero attached hydrogens (tertiary/aromatic N) is 1. The normalized spacial score (nSPS) is 28.1. The van der Waals surface area contributed by atoms with Crippen LogP contribution in [0.4, 0.5) is 5.69 Å². The first-order chi connectivity index (χ1) is 14.5. The number of thiophene rings is 1. The predicted molar refractivity (Wildman–Crippen MR) is 124 cm³/mol. The zero-order valence-electron chi connectivity index (χ0n) is 18.1. The van der Waals surface area contributed by atoms with E-state index >= 15 is 0 Å². The quantitative estimate of drug-likeness (QED) is 0.402. The topological polar surface area (TPSA) is 60.8 Å². The van der Waals surface area contributed by atoms with E-state index in [9.17, 15) is 15.0 Å². The molecule has 3 aliphatic carbocycles. The molecule has 2 N–H and O–H groups in total. The van der Waals surface area contributed by atoms with E-state index in [0.717, 1.165) is 74.3 Å². The summed E-state index contributed by atoms with van der Waals surface area (Å²) in [6, 6.07) is 2.23. The van der Waals surface area contributed by atoms with Crippen molar-refractivity contribution in [3.63, 3.8) is 0 Å². The third-order valence-electron chi connectivity index (χ3n) is 7.19. The van der Waals surface area contributed by atoms with Crippen LogP contribution in [-0.2, 0) is 0 Å². The van der Waals surface area contributed by atoms with E-state index in [-0.39, 0.29) is 12.0 Å². The van der Waals surface area contributed by atoms with Crippen molar-refractivity contribution in [1.29, 1.82) is 0 Å². The summed E-state index contributed by atoms with van der Waals surface area (Å²) in [7, 11) is 0. The smallest absolute Gasteiger partial charge is 0.348 e. The van der Waals surface area contributed by atoms with Crippen molar-refractivity contribution in [1.82, 2.24) is 0 Å². The van der Waals surface area contributed by atoms with Crippen LogP contribution < -0.4 is 4.90 Å². The molecule has 2 atom stereocenters. The van der Waals surface area contributed by atoms with Crippen molar-refractivity contribution in [2.45, 2.75) is 89.8 Å². The Bertz CT molecular complexity index is 803. The van der Waals surface area contributed by atoms with Gasteiger partial charge in [0.2, 0.25) is 0 Å². The Kier molecular flexibility index (Phi) is 6.99. The molecule has 0 amide bonds. The maximum atomic E-state index is 12.2. The Hall–Kier alpha value is -1.59. The SMILES string of the molecule is CC1CCC(C(O)N(c2cc(C3=CCCCC3)sc2C(=O)O)C2CC=CCC2)CC1. The minimum Gasteiger partial charge on any atom is -0.477 e. The van der Waals surface area contributed by atoms with Crippen LogP contribution in [0.1, 0.15) is 92.1 Å². The molecule has 0 saturated heterocycles. The first kappa shape index (κ1) is 21.6. The van der Waals surface area contributed by atoms with E-state index in [4.69, 9.17) is 0 Å². The van der Waals surface area contributed by atoms with Gasteiger partial charge in [0.05, 0.1) is 5.69 Å². The number of hydrogen-bond acceptors (Lipinski definition) is 4. The van der Waals surface area contributed by atoms with Gasteiger partial charge in [-0.3, -0.25) is 0 Å². The average molecular weight is 430 g/mol. The van der Waals surface area contributed by atoms with Crippen LogP contribution in [0, 0.1) is 11.8 Å². The molecule has 0 spiro atoms. The molecule has 1 aromatic heterocycles. The number of aromatic carboxylic acids is 1. The fourth-order valence-electron chi connectivity index (χ4n) is 5.34. The van der Waals surface area contributed by atoms with Crippen molar-refractivity contribution < 1.29 is 15.0 Å². The number of carboxylic acids is 1. The summed E-state index contributed by atoms with van der Waals surface area (Å²) in [5.74, 6) is 0.0598. The largest absolute Gasteiger partial charge is 0.477 e. The molecule has 3 aliphatic rings. The molecule has 1 fully saturated rings. The number of allylic oxidation sites excluding steroid dienone is 3. The van der Waals surface area contributed by atoms with Crippen LogP contribution in [0.15, 0.2) is 24.3 Å². The average Bonchev–Trinajstić information content (AvgIpc) is 3.21. The van der Waals surface area contributed by atoms with Crippen LogP contribution in [-0.4, -0.2) is 28.5 Å². The van der Waals surface area contributed by atoms with E-state index in [1.165, 1.54) is 29.8 Å². The Morgan fingerprint density at radius 3 is 2.57 bits per heavy atom. The van der Waals surface area contributed by atoms with Crippen LogP contribution in [0.3, 0.4) is 0 Å². The number of aliphatic hydroxyl groups is 1. The maximum absolute atomic E-state index is 12.2. The molecule has 0 aliphatic heterocycles. The summed E-state index contributed by atoms with van der Waals surface area (Å²) in [5, 5.41) is 21.6. The molecular weight excluding hydrogens is 394 g/mol. The van der Waals surface area contributed by atoms with E-state index in [0.29, 0.717) is 4.88 Å². The van der Waals surface area contributed by atoms with Gasteiger partial charge in [-0.2, -0.15) is 0 Å². The summed E-state index contributed by atoms with van der Waals surface area (Å²) in [5.41, 5.74) is 2.02. The number of anilines is 1. The highest BCUT2D eigenvalue weighted by Gasteiger charge is 2.36. The van der Waals surface area contributed by atoms with Gasteiger partial charge in [-0.15, -0.1) is 11.3 Å². The summed E-state index contributed by atoms with van der Waals surface area (Å²) in [6.07, 6.45) is 17.7. The Labute approximate surface area is 184 Å². The minimum absolute atomic E-state index is 0.158. The van der Waals surface area contributed by atoms with Gasteiger partial charge >= 0.3 is 5.97 Å². The van der Waals surface area contributed by atoms with Gasteiger partial charge < -0.3 is 15.1 Å². The molecule has 1 heterocycles. The highest BCUT2D eigenvalue weighted by molar-refractivity contribution is 7.15.